The summed E-state index contributed by atoms with van der Waals surface area (Å²) in [6, 6.07) is 9.55. The minimum absolute atomic E-state index is 0.144. The lowest BCUT2D eigenvalue weighted by Gasteiger charge is -2.11. The molecule has 0 aliphatic rings. The normalized spacial score (nSPS) is 10.9. The Bertz CT molecular complexity index is 1190. The van der Waals surface area contributed by atoms with Crippen LogP contribution < -0.4 is 16.0 Å². The van der Waals surface area contributed by atoms with Crippen LogP contribution in [0.5, 0.6) is 0 Å². The van der Waals surface area contributed by atoms with Crippen LogP contribution in [0.1, 0.15) is 19.4 Å². The van der Waals surface area contributed by atoms with Crippen LogP contribution in [-0.4, -0.2) is 59.1 Å². The number of hydrogen-bond donors (Lipinski definition) is 3. The van der Waals surface area contributed by atoms with Gasteiger partial charge in [0.05, 0.1) is 12.3 Å². The smallest absolute Gasteiger partial charge is 0.261 e. The molecule has 0 bridgehead atoms. The molecule has 0 fully saturated rings. The number of amides is 1. The van der Waals surface area contributed by atoms with E-state index < -0.39 is 0 Å². The number of anilines is 3. The van der Waals surface area contributed by atoms with E-state index in [0.717, 1.165) is 11.3 Å². The summed E-state index contributed by atoms with van der Waals surface area (Å²) < 4.78 is 3.53. The van der Waals surface area contributed by atoms with Crippen molar-refractivity contribution in [2.45, 2.75) is 25.5 Å². The van der Waals surface area contributed by atoms with Crippen molar-refractivity contribution in [1.82, 2.24) is 34.3 Å². The van der Waals surface area contributed by atoms with Gasteiger partial charge < -0.3 is 16.0 Å². The summed E-state index contributed by atoms with van der Waals surface area (Å²) in [7, 11) is 0. The fourth-order valence-corrected chi connectivity index (χ4v) is 3.79. The topological polar surface area (TPSA) is 127 Å². The van der Waals surface area contributed by atoms with E-state index in [-0.39, 0.29) is 11.7 Å². The van der Waals surface area contributed by atoms with E-state index in [2.05, 4.69) is 41.2 Å². The van der Waals surface area contributed by atoms with E-state index in [1.165, 1.54) is 11.8 Å². The maximum atomic E-state index is 12.7. The Morgan fingerprint density at radius 1 is 1.06 bits per heavy atom. The molecule has 0 saturated heterocycles. The summed E-state index contributed by atoms with van der Waals surface area (Å²) in [5, 5.41) is 22.4. The predicted octanol–water partition coefficient (Wildman–Crippen LogP) is 2.36. The lowest BCUT2D eigenvalue weighted by atomic mass is 10.2. The first-order valence-corrected chi connectivity index (χ1v) is 11.3. The summed E-state index contributed by atoms with van der Waals surface area (Å²) in [6.45, 7) is 5.89. The zero-order valence-electron chi connectivity index (χ0n) is 17.8. The maximum absolute atomic E-state index is 12.7. The number of benzene rings is 1. The van der Waals surface area contributed by atoms with E-state index in [4.69, 9.17) is 0 Å². The number of nitrogens with one attached hydrogen (secondary N) is 3. The number of thioether (sulfide) groups is 1. The Kier molecular flexibility index (Phi) is 6.80. The molecule has 0 saturated carbocycles. The molecule has 0 unspecified atom stereocenters. The second-order valence-electron chi connectivity index (χ2n) is 6.75. The molecule has 0 aliphatic heterocycles. The number of carbonyl (C=O) groups is 1. The van der Waals surface area contributed by atoms with E-state index in [9.17, 15) is 4.79 Å². The quantitative estimate of drug-likeness (QED) is 0.311. The molecule has 3 N–H and O–H groups in total. The zero-order chi connectivity index (χ0) is 22.3. The van der Waals surface area contributed by atoms with Crippen molar-refractivity contribution in [1.29, 1.82) is 0 Å². The van der Waals surface area contributed by atoms with Gasteiger partial charge in [-0.1, -0.05) is 30.0 Å². The van der Waals surface area contributed by atoms with Crippen LogP contribution in [0.3, 0.4) is 0 Å². The predicted molar refractivity (Wildman–Crippen MR) is 124 cm³/mol. The first-order valence-electron chi connectivity index (χ1n) is 10.3. The molecule has 0 aliphatic carbocycles. The highest BCUT2D eigenvalue weighted by molar-refractivity contribution is 7.99. The minimum Gasteiger partial charge on any atom is -0.355 e. The summed E-state index contributed by atoms with van der Waals surface area (Å²) >= 11 is 1.27. The van der Waals surface area contributed by atoms with Gasteiger partial charge in [-0.05, 0) is 31.5 Å². The number of aromatic nitrogens is 7. The fourth-order valence-electron chi connectivity index (χ4n) is 3.06. The van der Waals surface area contributed by atoms with Crippen molar-refractivity contribution >= 4 is 41.0 Å². The van der Waals surface area contributed by atoms with Crippen LogP contribution in [0, 0.1) is 0 Å². The van der Waals surface area contributed by atoms with Gasteiger partial charge in [0, 0.05) is 31.2 Å². The minimum atomic E-state index is -0.144. The van der Waals surface area contributed by atoms with Gasteiger partial charge in [0.15, 0.2) is 5.16 Å². The lowest BCUT2D eigenvalue weighted by Crippen LogP contribution is -2.16. The molecule has 0 atom stereocenters. The molecular weight excluding hydrogens is 428 g/mol. The van der Waals surface area contributed by atoms with Crippen LogP contribution in [0.25, 0.3) is 5.78 Å². The van der Waals surface area contributed by atoms with Crippen LogP contribution in [0.4, 0.5) is 17.6 Å². The highest BCUT2D eigenvalue weighted by Gasteiger charge is 2.16. The lowest BCUT2D eigenvalue weighted by molar-refractivity contribution is -0.113. The molecule has 4 rings (SSSR count). The Balaban J connectivity index is 1.47. The van der Waals surface area contributed by atoms with Crippen molar-refractivity contribution in [2.24, 2.45) is 0 Å². The SMILES string of the molecule is CCNc1nc(NCC)n2c(SCC(=O)Nc3ccccc3Cn3cccn3)nnc2n1. The molecule has 0 radical (unpaired) electrons. The van der Waals surface area contributed by atoms with Gasteiger partial charge >= 0.3 is 0 Å². The molecular formula is C20H24N10OS. The van der Waals surface area contributed by atoms with E-state index >= 15 is 0 Å². The molecule has 3 heterocycles. The Morgan fingerprint density at radius 3 is 2.69 bits per heavy atom. The summed E-state index contributed by atoms with van der Waals surface area (Å²) in [5.74, 6) is 1.49. The molecule has 11 nitrogen and oxygen atoms in total. The molecule has 0 spiro atoms. The maximum Gasteiger partial charge on any atom is 0.261 e. The number of carbonyl (C=O) groups excluding carboxylic acids is 1. The van der Waals surface area contributed by atoms with E-state index in [1.54, 1.807) is 10.6 Å². The van der Waals surface area contributed by atoms with Crippen LogP contribution in [0.15, 0.2) is 47.9 Å². The number of hydrogen-bond acceptors (Lipinski definition) is 9. The third-order valence-corrected chi connectivity index (χ3v) is 5.36. The highest BCUT2D eigenvalue weighted by atomic mass is 32.2. The van der Waals surface area contributed by atoms with Gasteiger partial charge in [0.2, 0.25) is 17.8 Å². The molecule has 166 valence electrons. The summed E-state index contributed by atoms with van der Waals surface area (Å²) in [6.07, 6.45) is 3.61. The molecule has 1 aromatic carbocycles. The highest BCUT2D eigenvalue weighted by Crippen LogP contribution is 2.22. The average molecular weight is 453 g/mol. The average Bonchev–Trinajstić information content (AvgIpc) is 3.44. The number of rotatable bonds is 10. The Morgan fingerprint density at radius 2 is 1.91 bits per heavy atom. The molecule has 3 aromatic heterocycles. The van der Waals surface area contributed by atoms with Crippen molar-refractivity contribution < 1.29 is 4.79 Å². The molecule has 12 heteroatoms. The third-order valence-electron chi connectivity index (χ3n) is 4.43. The van der Waals surface area contributed by atoms with Crippen molar-refractivity contribution in [3.8, 4) is 0 Å². The van der Waals surface area contributed by atoms with E-state index in [1.807, 2.05) is 55.1 Å². The first-order chi connectivity index (χ1) is 15.7. The van der Waals surface area contributed by atoms with Gasteiger partial charge in [-0.3, -0.25) is 9.48 Å². The van der Waals surface area contributed by atoms with E-state index in [0.29, 0.717) is 42.5 Å². The molecule has 1 amide bonds. The van der Waals surface area contributed by atoms with Gasteiger partial charge in [-0.25, -0.2) is 4.40 Å². The van der Waals surface area contributed by atoms with Gasteiger partial charge in [0.1, 0.15) is 0 Å². The standard InChI is InChI=1S/C20H24N10OS/c1-3-21-17-25-18(22-4-2)30-19(26-17)27-28-20(30)32-13-16(31)24-15-9-6-5-8-14(15)12-29-11-7-10-23-29/h5-11H,3-4,12-13H2,1-2H3,(H,24,31)(H2,21,22,25,26,27). The fraction of sp³-hybridized carbons (Fsp3) is 0.300. The number of nitrogens with zero attached hydrogens (tertiary/aromatic N) is 7. The number of fused-ring (bicyclic) bond motifs is 1. The Labute approximate surface area is 189 Å². The molecule has 4 aromatic rings. The van der Waals surface area contributed by atoms with Gasteiger partial charge in [-0.2, -0.15) is 15.1 Å². The van der Waals surface area contributed by atoms with Crippen LogP contribution >= 0.6 is 11.8 Å². The van der Waals surface area contributed by atoms with Crippen molar-refractivity contribution in [3.05, 3.63) is 48.3 Å². The molecule has 32 heavy (non-hydrogen) atoms. The van der Waals surface area contributed by atoms with Crippen LogP contribution in [-0.2, 0) is 11.3 Å². The van der Waals surface area contributed by atoms with Gasteiger partial charge in [0.25, 0.3) is 5.78 Å². The third kappa shape index (κ3) is 4.97. The van der Waals surface area contributed by atoms with Crippen molar-refractivity contribution in [3.63, 3.8) is 0 Å². The van der Waals surface area contributed by atoms with Crippen LogP contribution in [0.2, 0.25) is 0 Å². The largest absolute Gasteiger partial charge is 0.355 e. The summed E-state index contributed by atoms with van der Waals surface area (Å²) in [4.78, 5) is 21.5. The summed E-state index contributed by atoms with van der Waals surface area (Å²) in [5.41, 5.74) is 1.73. The van der Waals surface area contributed by atoms with Gasteiger partial charge in [-0.15, -0.1) is 10.2 Å². The first kappa shape index (κ1) is 21.6. The Hall–Kier alpha value is -3.67. The number of para-hydroxylation sites is 1. The second-order valence-corrected chi connectivity index (χ2v) is 7.69. The van der Waals surface area contributed by atoms with Crippen molar-refractivity contribution in [2.75, 3.05) is 34.8 Å². The zero-order valence-corrected chi connectivity index (χ0v) is 18.6. The monoisotopic (exact) mass is 452 g/mol. The second kappa shape index (κ2) is 10.1.